The zero-order valence-electron chi connectivity index (χ0n) is 18.0. The summed E-state index contributed by atoms with van der Waals surface area (Å²) in [4.78, 5) is 18.4. The van der Waals surface area contributed by atoms with Gasteiger partial charge in [-0.05, 0) is 41.3 Å². The van der Waals surface area contributed by atoms with Crippen molar-refractivity contribution in [3.05, 3.63) is 60.0 Å². The third-order valence-corrected chi connectivity index (χ3v) is 4.66. The van der Waals surface area contributed by atoms with Crippen LogP contribution in [0.5, 0.6) is 11.5 Å². The zero-order valence-corrected chi connectivity index (χ0v) is 18.0. The molecule has 7 heteroatoms. The van der Waals surface area contributed by atoms with Gasteiger partial charge in [0, 0.05) is 12.6 Å². The number of hydrogen-bond acceptors (Lipinski definition) is 6. The first kappa shape index (κ1) is 21.4. The van der Waals surface area contributed by atoms with Crippen molar-refractivity contribution < 1.29 is 18.8 Å². The van der Waals surface area contributed by atoms with Gasteiger partial charge in [0.2, 0.25) is 11.7 Å². The lowest BCUT2D eigenvalue weighted by molar-refractivity contribution is -0.132. The molecule has 30 heavy (non-hydrogen) atoms. The lowest BCUT2D eigenvalue weighted by Crippen LogP contribution is -2.31. The molecule has 0 N–H and O–H groups in total. The van der Waals surface area contributed by atoms with Crippen molar-refractivity contribution in [2.24, 2.45) is 0 Å². The molecule has 3 rings (SSSR count). The van der Waals surface area contributed by atoms with E-state index in [0.29, 0.717) is 17.5 Å². The number of carbonyl (C=O) groups is 1. The number of para-hydroxylation sites is 1. The Hall–Kier alpha value is -3.35. The smallest absolute Gasteiger partial charge is 0.260 e. The van der Waals surface area contributed by atoms with Gasteiger partial charge in [-0.15, -0.1) is 0 Å². The Morgan fingerprint density at radius 2 is 1.80 bits per heavy atom. The van der Waals surface area contributed by atoms with Crippen molar-refractivity contribution in [2.45, 2.75) is 32.7 Å². The fourth-order valence-electron chi connectivity index (χ4n) is 2.93. The van der Waals surface area contributed by atoms with Crippen LogP contribution < -0.4 is 9.47 Å². The van der Waals surface area contributed by atoms with Crippen LogP contribution in [-0.4, -0.2) is 41.7 Å². The number of likely N-dealkylation sites (N-methyl/N-ethyl adjacent to an activating group) is 1. The van der Waals surface area contributed by atoms with Gasteiger partial charge in [0.15, 0.2) is 6.61 Å². The van der Waals surface area contributed by atoms with Crippen LogP contribution in [0.25, 0.3) is 11.4 Å². The first-order valence-electron chi connectivity index (χ1n) is 9.71. The molecule has 1 aromatic heterocycles. The number of nitrogens with zero attached hydrogens (tertiary/aromatic N) is 3. The van der Waals surface area contributed by atoms with Gasteiger partial charge in [0.1, 0.15) is 11.5 Å². The minimum absolute atomic E-state index is 0.0664. The van der Waals surface area contributed by atoms with Crippen molar-refractivity contribution in [1.82, 2.24) is 15.0 Å². The molecule has 0 spiro atoms. The van der Waals surface area contributed by atoms with Gasteiger partial charge in [0.05, 0.1) is 13.7 Å². The Labute approximate surface area is 176 Å². The van der Waals surface area contributed by atoms with Gasteiger partial charge >= 0.3 is 0 Å². The highest BCUT2D eigenvalue weighted by atomic mass is 16.5. The van der Waals surface area contributed by atoms with E-state index < -0.39 is 0 Å². The quantitative estimate of drug-likeness (QED) is 0.585. The maximum absolute atomic E-state index is 12.5. The van der Waals surface area contributed by atoms with E-state index in [1.165, 1.54) is 4.90 Å². The van der Waals surface area contributed by atoms with Crippen LogP contribution in [0, 0.1) is 0 Å². The molecule has 0 bridgehead atoms. The summed E-state index contributed by atoms with van der Waals surface area (Å²) >= 11 is 0. The van der Waals surface area contributed by atoms with Crippen LogP contribution in [0.3, 0.4) is 0 Å². The molecule has 3 aromatic rings. The molecular weight excluding hydrogens is 382 g/mol. The number of aromatic nitrogens is 2. The van der Waals surface area contributed by atoms with Gasteiger partial charge in [-0.1, -0.05) is 44.1 Å². The Balaban J connectivity index is 1.59. The van der Waals surface area contributed by atoms with E-state index in [1.54, 1.807) is 14.2 Å². The summed E-state index contributed by atoms with van der Waals surface area (Å²) in [5, 5.41) is 3.99. The third-order valence-electron chi connectivity index (χ3n) is 4.66. The fourth-order valence-corrected chi connectivity index (χ4v) is 2.93. The lowest BCUT2D eigenvalue weighted by atomic mass is 9.86. The SMILES string of the molecule is COc1ccc(-c2noc(CN(C)C(=O)COc3ccccc3C(C)(C)C)n2)cc1. The molecule has 0 aliphatic rings. The second kappa shape index (κ2) is 8.98. The van der Waals surface area contributed by atoms with Crippen molar-refractivity contribution >= 4 is 5.91 Å². The summed E-state index contributed by atoms with van der Waals surface area (Å²) in [7, 11) is 3.29. The maximum atomic E-state index is 12.5. The number of carbonyl (C=O) groups excluding carboxylic acids is 1. The highest BCUT2D eigenvalue weighted by Crippen LogP contribution is 2.31. The average molecular weight is 409 g/mol. The second-order valence-electron chi connectivity index (χ2n) is 8.02. The van der Waals surface area contributed by atoms with E-state index in [1.807, 2.05) is 48.5 Å². The second-order valence-corrected chi connectivity index (χ2v) is 8.02. The number of methoxy groups -OCH3 is 1. The number of rotatable bonds is 7. The van der Waals surface area contributed by atoms with Gasteiger partial charge in [-0.2, -0.15) is 4.98 Å². The van der Waals surface area contributed by atoms with Gasteiger partial charge < -0.3 is 18.9 Å². The first-order valence-corrected chi connectivity index (χ1v) is 9.71. The number of hydrogen-bond donors (Lipinski definition) is 0. The van der Waals surface area contributed by atoms with E-state index in [0.717, 1.165) is 16.9 Å². The van der Waals surface area contributed by atoms with Crippen LogP contribution in [0.15, 0.2) is 53.1 Å². The molecule has 0 saturated heterocycles. The summed E-state index contributed by atoms with van der Waals surface area (Å²) in [6.45, 7) is 6.46. The van der Waals surface area contributed by atoms with Crippen molar-refractivity contribution in [3.8, 4) is 22.9 Å². The molecule has 0 fully saturated rings. The predicted molar refractivity (Wildman–Crippen MR) is 113 cm³/mol. The summed E-state index contributed by atoms with van der Waals surface area (Å²) in [6.07, 6.45) is 0. The van der Waals surface area contributed by atoms with Gasteiger partial charge in [-0.3, -0.25) is 4.79 Å². The standard InChI is InChI=1S/C23H27N3O4/c1-23(2,3)18-8-6-7-9-19(18)29-15-21(27)26(4)14-20-24-22(25-30-20)16-10-12-17(28-5)13-11-16/h6-13H,14-15H2,1-5H3. The highest BCUT2D eigenvalue weighted by molar-refractivity contribution is 5.77. The third kappa shape index (κ3) is 5.17. The van der Waals surface area contributed by atoms with Crippen LogP contribution in [0.1, 0.15) is 32.2 Å². The van der Waals surface area contributed by atoms with E-state index in [9.17, 15) is 4.79 Å². The Morgan fingerprint density at radius 1 is 1.10 bits per heavy atom. The van der Waals surface area contributed by atoms with Crippen LogP contribution in [0.2, 0.25) is 0 Å². The molecule has 7 nitrogen and oxygen atoms in total. The van der Waals surface area contributed by atoms with Crippen molar-refractivity contribution in [1.29, 1.82) is 0 Å². The fraction of sp³-hybridized carbons (Fsp3) is 0.348. The van der Waals surface area contributed by atoms with E-state index in [-0.39, 0.29) is 24.5 Å². The summed E-state index contributed by atoms with van der Waals surface area (Å²) in [5.74, 6) is 2.10. The Morgan fingerprint density at radius 3 is 2.47 bits per heavy atom. The predicted octanol–water partition coefficient (Wildman–Crippen LogP) is 4.08. The Bertz CT molecular complexity index is 990. The molecular formula is C23H27N3O4. The summed E-state index contributed by atoms with van der Waals surface area (Å²) in [6, 6.07) is 15.1. The van der Waals surface area contributed by atoms with Gasteiger partial charge in [0.25, 0.3) is 5.91 Å². The van der Waals surface area contributed by atoms with Crippen LogP contribution in [0.4, 0.5) is 0 Å². The van der Waals surface area contributed by atoms with E-state index in [2.05, 4.69) is 30.9 Å². The molecule has 158 valence electrons. The summed E-state index contributed by atoms with van der Waals surface area (Å²) < 4.78 is 16.3. The Kier molecular flexibility index (Phi) is 6.40. The van der Waals surface area contributed by atoms with Crippen molar-refractivity contribution in [3.63, 3.8) is 0 Å². The number of amides is 1. The zero-order chi connectivity index (χ0) is 21.7. The highest BCUT2D eigenvalue weighted by Gasteiger charge is 2.20. The lowest BCUT2D eigenvalue weighted by Gasteiger charge is -2.23. The normalized spacial score (nSPS) is 11.2. The van der Waals surface area contributed by atoms with Crippen LogP contribution >= 0.6 is 0 Å². The summed E-state index contributed by atoms with van der Waals surface area (Å²) in [5.41, 5.74) is 1.79. The van der Waals surface area contributed by atoms with Crippen molar-refractivity contribution in [2.75, 3.05) is 20.8 Å². The molecule has 0 aliphatic heterocycles. The number of benzene rings is 2. The molecule has 2 aromatic carbocycles. The molecule has 1 amide bonds. The van der Waals surface area contributed by atoms with E-state index >= 15 is 0 Å². The molecule has 1 heterocycles. The van der Waals surface area contributed by atoms with Crippen LogP contribution in [-0.2, 0) is 16.8 Å². The topological polar surface area (TPSA) is 77.7 Å². The molecule has 0 radical (unpaired) electrons. The first-order chi connectivity index (χ1) is 14.3. The monoisotopic (exact) mass is 409 g/mol. The van der Waals surface area contributed by atoms with Gasteiger partial charge in [-0.25, -0.2) is 0 Å². The molecule has 0 aliphatic carbocycles. The minimum Gasteiger partial charge on any atom is -0.497 e. The molecule has 0 atom stereocenters. The number of ether oxygens (including phenoxy) is 2. The largest absolute Gasteiger partial charge is 0.497 e. The van der Waals surface area contributed by atoms with E-state index in [4.69, 9.17) is 14.0 Å². The maximum Gasteiger partial charge on any atom is 0.260 e. The molecule has 0 unspecified atom stereocenters. The average Bonchev–Trinajstić information content (AvgIpc) is 3.20. The minimum atomic E-state index is -0.178. The molecule has 0 saturated carbocycles.